The Hall–Kier alpha value is -1.95. The van der Waals surface area contributed by atoms with Gasteiger partial charge in [0, 0.05) is 18.2 Å². The lowest BCUT2D eigenvalue weighted by Crippen LogP contribution is -2.36. The number of ether oxygens (including phenoxy) is 3. The first-order chi connectivity index (χ1) is 15.0. The van der Waals surface area contributed by atoms with Gasteiger partial charge in [-0.1, -0.05) is 31.0 Å². The molecular weight excluding hydrogens is 390 g/mol. The average molecular weight is 424 g/mol. The highest BCUT2D eigenvalue weighted by atomic mass is 16.6. The Morgan fingerprint density at radius 3 is 2.81 bits per heavy atom. The molecule has 3 heterocycles. The SMILES string of the molecule is CC(C)(OC[C@@H]1COCCO1)c1cc2n(c(=O)c1)CCc1cc(CCC3CC3)ccc1-2. The summed E-state index contributed by atoms with van der Waals surface area (Å²) in [6, 6.07) is 10.7. The highest BCUT2D eigenvalue weighted by Gasteiger charge is 2.28. The van der Waals surface area contributed by atoms with E-state index in [9.17, 15) is 4.79 Å². The molecule has 5 nitrogen and oxygen atoms in total. The van der Waals surface area contributed by atoms with Crippen molar-refractivity contribution in [2.75, 3.05) is 26.4 Å². The van der Waals surface area contributed by atoms with Crippen molar-refractivity contribution >= 4 is 0 Å². The Morgan fingerprint density at radius 2 is 2.03 bits per heavy atom. The Bertz CT molecular complexity index is 999. The van der Waals surface area contributed by atoms with Crippen LogP contribution < -0.4 is 5.56 Å². The van der Waals surface area contributed by atoms with Gasteiger partial charge in [0.2, 0.25) is 0 Å². The van der Waals surface area contributed by atoms with Crippen LogP contribution in [0.5, 0.6) is 0 Å². The highest BCUT2D eigenvalue weighted by Crippen LogP contribution is 2.36. The summed E-state index contributed by atoms with van der Waals surface area (Å²) in [5, 5.41) is 0. The lowest BCUT2D eigenvalue weighted by Gasteiger charge is -2.31. The monoisotopic (exact) mass is 423 g/mol. The summed E-state index contributed by atoms with van der Waals surface area (Å²) in [5.74, 6) is 0.950. The molecule has 31 heavy (non-hydrogen) atoms. The summed E-state index contributed by atoms with van der Waals surface area (Å²) in [4.78, 5) is 13.0. The van der Waals surface area contributed by atoms with Crippen LogP contribution in [0.15, 0.2) is 35.1 Å². The van der Waals surface area contributed by atoms with Crippen molar-refractivity contribution in [1.82, 2.24) is 4.57 Å². The fraction of sp³-hybridized carbons (Fsp3) is 0.577. The Balaban J connectivity index is 1.39. The van der Waals surface area contributed by atoms with E-state index in [-0.39, 0.29) is 11.7 Å². The zero-order valence-corrected chi connectivity index (χ0v) is 18.7. The lowest BCUT2D eigenvalue weighted by molar-refractivity contribution is -0.141. The van der Waals surface area contributed by atoms with Gasteiger partial charge in [-0.05, 0) is 61.8 Å². The smallest absolute Gasteiger partial charge is 0.251 e. The van der Waals surface area contributed by atoms with Gasteiger partial charge in [-0.3, -0.25) is 4.79 Å². The molecule has 0 radical (unpaired) electrons. The highest BCUT2D eigenvalue weighted by molar-refractivity contribution is 5.67. The first-order valence-electron chi connectivity index (χ1n) is 11.7. The Labute approximate surface area is 184 Å². The summed E-state index contributed by atoms with van der Waals surface area (Å²) in [7, 11) is 0. The van der Waals surface area contributed by atoms with E-state index in [0.717, 1.165) is 30.1 Å². The van der Waals surface area contributed by atoms with Crippen LogP contribution in [0.1, 0.15) is 49.8 Å². The van der Waals surface area contributed by atoms with E-state index in [2.05, 4.69) is 24.3 Å². The number of pyridine rings is 1. The summed E-state index contributed by atoms with van der Waals surface area (Å²) >= 11 is 0. The van der Waals surface area contributed by atoms with Crippen LogP contribution in [-0.2, 0) is 39.2 Å². The van der Waals surface area contributed by atoms with Crippen molar-refractivity contribution in [3.63, 3.8) is 0 Å². The maximum atomic E-state index is 13.0. The van der Waals surface area contributed by atoms with Gasteiger partial charge in [-0.2, -0.15) is 0 Å². The van der Waals surface area contributed by atoms with E-state index in [1.807, 2.05) is 18.4 Å². The molecule has 5 rings (SSSR count). The Morgan fingerprint density at radius 1 is 1.16 bits per heavy atom. The van der Waals surface area contributed by atoms with E-state index in [0.29, 0.717) is 26.4 Å². The van der Waals surface area contributed by atoms with Crippen molar-refractivity contribution in [2.45, 2.75) is 64.2 Å². The van der Waals surface area contributed by atoms with Gasteiger partial charge in [0.25, 0.3) is 5.56 Å². The van der Waals surface area contributed by atoms with Crippen LogP contribution in [0.25, 0.3) is 11.3 Å². The number of benzene rings is 1. The minimum absolute atomic E-state index is 0.0462. The fourth-order valence-corrected chi connectivity index (χ4v) is 4.68. The molecule has 0 amide bonds. The number of aromatic nitrogens is 1. The van der Waals surface area contributed by atoms with Crippen LogP contribution in [0.3, 0.4) is 0 Å². The minimum Gasteiger partial charge on any atom is -0.376 e. The number of rotatable bonds is 7. The van der Waals surface area contributed by atoms with Crippen molar-refractivity contribution in [2.24, 2.45) is 5.92 Å². The van der Waals surface area contributed by atoms with Crippen LogP contribution >= 0.6 is 0 Å². The van der Waals surface area contributed by atoms with Crippen molar-refractivity contribution in [1.29, 1.82) is 0 Å². The molecule has 5 heteroatoms. The number of hydrogen-bond donors (Lipinski definition) is 0. The summed E-state index contributed by atoms with van der Waals surface area (Å²) < 4.78 is 19.3. The minimum atomic E-state index is -0.586. The average Bonchev–Trinajstić information content (AvgIpc) is 3.61. The maximum absolute atomic E-state index is 13.0. The molecular formula is C26H33NO4. The second-order valence-corrected chi connectivity index (χ2v) is 9.73. The first-order valence-corrected chi connectivity index (χ1v) is 11.7. The molecule has 0 N–H and O–H groups in total. The second-order valence-electron chi connectivity index (χ2n) is 9.73. The van der Waals surface area contributed by atoms with Gasteiger partial charge in [0.1, 0.15) is 6.10 Å². The molecule has 0 bridgehead atoms. The zero-order valence-electron chi connectivity index (χ0n) is 18.7. The second kappa shape index (κ2) is 8.53. The molecule has 1 atom stereocenters. The quantitative estimate of drug-likeness (QED) is 0.673. The molecule has 1 saturated heterocycles. The fourth-order valence-electron chi connectivity index (χ4n) is 4.68. The van der Waals surface area contributed by atoms with Gasteiger partial charge < -0.3 is 18.8 Å². The zero-order chi connectivity index (χ0) is 21.4. The third-order valence-electron chi connectivity index (χ3n) is 6.93. The van der Waals surface area contributed by atoms with Crippen LogP contribution in [-0.4, -0.2) is 37.1 Å². The summed E-state index contributed by atoms with van der Waals surface area (Å²) in [6.45, 7) is 7.03. The first kappa shape index (κ1) is 20.9. The molecule has 2 aromatic rings. The third kappa shape index (κ3) is 4.64. The lowest BCUT2D eigenvalue weighted by atomic mass is 9.90. The molecule has 1 aliphatic carbocycles. The number of nitrogens with zero attached hydrogens (tertiary/aromatic N) is 1. The van der Waals surface area contributed by atoms with Gasteiger partial charge in [-0.25, -0.2) is 0 Å². The molecule has 3 aliphatic rings. The van der Waals surface area contributed by atoms with Gasteiger partial charge >= 0.3 is 0 Å². The summed E-state index contributed by atoms with van der Waals surface area (Å²) in [6.07, 6.45) is 6.14. The number of aryl methyl sites for hydroxylation is 2. The number of fused-ring (bicyclic) bond motifs is 3. The predicted octanol–water partition coefficient (Wildman–Crippen LogP) is 4.08. The van der Waals surface area contributed by atoms with Crippen molar-refractivity contribution in [3.05, 3.63) is 57.4 Å². The third-order valence-corrected chi connectivity index (χ3v) is 6.93. The van der Waals surface area contributed by atoms with Gasteiger partial charge in [-0.15, -0.1) is 0 Å². The molecule has 0 unspecified atom stereocenters. The maximum Gasteiger partial charge on any atom is 0.251 e. The van der Waals surface area contributed by atoms with E-state index in [1.165, 1.54) is 42.4 Å². The molecule has 166 valence electrons. The Kier molecular flexibility index (Phi) is 5.76. The van der Waals surface area contributed by atoms with E-state index < -0.39 is 5.60 Å². The largest absolute Gasteiger partial charge is 0.376 e. The molecule has 2 fully saturated rings. The standard InChI is InChI=1S/C26H33NO4/c1-26(2,31-17-22-16-29-11-12-30-22)21-14-24-23-8-7-19(6-5-18-3-4-18)13-20(23)9-10-27(24)25(28)15-21/h7-8,13-15,18,22H,3-6,9-12,16-17H2,1-2H3/t22-/m0/s1. The van der Waals surface area contributed by atoms with Crippen molar-refractivity contribution < 1.29 is 14.2 Å². The molecule has 1 aromatic heterocycles. The van der Waals surface area contributed by atoms with Gasteiger partial charge in [0.15, 0.2) is 0 Å². The molecule has 2 aliphatic heterocycles. The predicted molar refractivity (Wildman–Crippen MR) is 120 cm³/mol. The van der Waals surface area contributed by atoms with Crippen LogP contribution in [0, 0.1) is 5.92 Å². The van der Waals surface area contributed by atoms with E-state index in [4.69, 9.17) is 14.2 Å². The van der Waals surface area contributed by atoms with Crippen molar-refractivity contribution in [3.8, 4) is 11.3 Å². The van der Waals surface area contributed by atoms with E-state index >= 15 is 0 Å². The number of hydrogen-bond acceptors (Lipinski definition) is 4. The topological polar surface area (TPSA) is 49.7 Å². The normalized spacial score (nSPS) is 20.9. The molecule has 1 saturated carbocycles. The van der Waals surface area contributed by atoms with E-state index in [1.54, 1.807) is 6.07 Å². The van der Waals surface area contributed by atoms with Crippen LogP contribution in [0.4, 0.5) is 0 Å². The van der Waals surface area contributed by atoms with Gasteiger partial charge in [0.05, 0.1) is 37.7 Å². The molecule has 1 aromatic carbocycles. The molecule has 0 spiro atoms. The summed E-state index contributed by atoms with van der Waals surface area (Å²) in [5.41, 5.74) is 5.34. The van der Waals surface area contributed by atoms with Crippen LogP contribution in [0.2, 0.25) is 0 Å².